The van der Waals surface area contributed by atoms with Crippen LogP contribution >= 0.6 is 23.5 Å². The molecule has 3 rings (SSSR count). The predicted molar refractivity (Wildman–Crippen MR) is 342 cm³/mol. The lowest BCUT2D eigenvalue weighted by Gasteiger charge is -2.40. The highest BCUT2D eigenvalue weighted by Crippen LogP contribution is 2.39. The first kappa shape index (κ1) is 92.4. The first-order valence-corrected chi connectivity index (χ1v) is 38.1. The van der Waals surface area contributed by atoms with E-state index >= 15 is 0 Å². The van der Waals surface area contributed by atoms with E-state index in [1.165, 1.54) is 0 Å². The van der Waals surface area contributed by atoms with Crippen molar-refractivity contribution in [2.45, 2.75) is 227 Å². The molecule has 0 aliphatic carbocycles. The van der Waals surface area contributed by atoms with Crippen LogP contribution < -0.4 is 10.6 Å². The van der Waals surface area contributed by atoms with E-state index in [2.05, 4.69) is 24.2 Å². The molecule has 42 heteroatoms. The molecule has 0 radical (unpaired) electrons. The van der Waals surface area contributed by atoms with Crippen LogP contribution in [0.3, 0.4) is 0 Å². The smallest absolute Gasteiger partial charge is 0.387 e. The highest BCUT2D eigenvalue weighted by Gasteiger charge is 2.48. The number of rotatable bonds is 58. The average Bonchev–Trinajstić information content (AvgIpc) is 0.830. The summed E-state index contributed by atoms with van der Waals surface area (Å²) in [4.78, 5) is 129. The molecule has 0 aromatic heterocycles. The predicted octanol–water partition coefficient (Wildman–Crippen LogP) is -2.83. The van der Waals surface area contributed by atoms with Crippen molar-refractivity contribution in [3.05, 3.63) is 0 Å². The molecule has 590 valence electrons. The summed E-state index contributed by atoms with van der Waals surface area (Å²) < 4.78 is 101. The van der Waals surface area contributed by atoms with Crippen molar-refractivity contribution >= 4 is 58.4 Å². The maximum absolute atomic E-state index is 12.8. The molecule has 0 aromatic rings. The molecule has 3 saturated heterocycles. The molecule has 101 heavy (non-hydrogen) atoms. The number of carbonyl (C=O) groups excluding carboxylic acids is 6. The van der Waals surface area contributed by atoms with E-state index in [4.69, 9.17) is 76.7 Å². The molecule has 16 atom stereocenters. The minimum atomic E-state index is -4.93. The summed E-state index contributed by atoms with van der Waals surface area (Å²) >= 11 is 0. The van der Waals surface area contributed by atoms with Crippen molar-refractivity contribution in [3.63, 3.8) is 0 Å². The zero-order chi connectivity index (χ0) is 75.2. The largest absolute Gasteiger partial charge is 0.469 e. The van der Waals surface area contributed by atoms with Gasteiger partial charge in [-0.25, -0.2) is 13.7 Å². The molecule has 16 unspecified atom stereocenters. The number of hydrogen-bond acceptors (Lipinski definition) is 31. The Balaban J connectivity index is 1.33. The van der Waals surface area contributed by atoms with Gasteiger partial charge >= 0.3 is 23.5 Å². The molecule has 39 nitrogen and oxygen atoms in total. The second-order valence-corrected chi connectivity index (χ2v) is 28.7. The van der Waals surface area contributed by atoms with E-state index in [0.717, 1.165) is 0 Å². The number of ketones is 4. The van der Waals surface area contributed by atoms with E-state index < -0.39 is 141 Å². The molecular weight excluding hydrogens is 1420 g/mol. The fourth-order valence-electron chi connectivity index (χ4n) is 10.1. The summed E-state index contributed by atoms with van der Waals surface area (Å²) in [7, 11) is -14.8. The first-order valence-electron chi connectivity index (χ1n) is 33.5. The second kappa shape index (κ2) is 49.2. The van der Waals surface area contributed by atoms with Crippen molar-refractivity contribution in [3.8, 4) is 0 Å². The SMILES string of the molecule is CC(COCCC(=O)CCCCCC(=O)CCCCOC1OC(COP(=O)(O)O)C(O)C(O)C1O)(COCCC(=O)CCCCCC(=O)COCCOC1OC(COP(=O)(O)O)C(O)C(O)C1O)COCCC(=O)NCCCNC(=O)CCCCOC1OC(COP(=O)(O)O)C(O)C(O)C1O. The van der Waals surface area contributed by atoms with Crippen LogP contribution in [0.15, 0.2) is 0 Å². The Morgan fingerprint density at radius 2 is 0.663 bits per heavy atom. The molecule has 0 spiro atoms. The fraction of sp³-hybridized carbons (Fsp3) is 0.898. The van der Waals surface area contributed by atoms with Gasteiger partial charge in [-0.1, -0.05) is 19.8 Å². The zero-order valence-corrected chi connectivity index (χ0v) is 59.3. The van der Waals surface area contributed by atoms with Gasteiger partial charge in [0.05, 0.1) is 72.7 Å². The van der Waals surface area contributed by atoms with Gasteiger partial charge in [0.1, 0.15) is 97.2 Å². The Morgan fingerprint density at radius 1 is 0.347 bits per heavy atom. The summed E-state index contributed by atoms with van der Waals surface area (Å²) in [5.74, 6) is -0.930. The second-order valence-electron chi connectivity index (χ2n) is 25.0. The molecule has 0 aromatic carbocycles. The molecule has 3 aliphatic heterocycles. The fourth-order valence-corrected chi connectivity index (χ4v) is 11.2. The highest BCUT2D eigenvalue weighted by molar-refractivity contribution is 7.46. The first-order chi connectivity index (χ1) is 47.6. The third-order valence-electron chi connectivity index (χ3n) is 15.9. The van der Waals surface area contributed by atoms with Crippen LogP contribution in [-0.4, -0.2) is 308 Å². The summed E-state index contributed by atoms with van der Waals surface area (Å²) in [6.07, 6.45) is -17.4. The van der Waals surface area contributed by atoms with Gasteiger partial charge in [-0.3, -0.25) is 42.3 Å². The topological polar surface area (TPSA) is 601 Å². The van der Waals surface area contributed by atoms with E-state index in [-0.39, 0.29) is 172 Å². The summed E-state index contributed by atoms with van der Waals surface area (Å²) in [5.41, 5.74) is -0.788. The number of aliphatic hydroxyl groups is 9. The Bertz CT molecular complexity index is 2280. The normalized spacial score (nSPS) is 26.5. The molecule has 3 aliphatic rings. The maximum Gasteiger partial charge on any atom is 0.469 e. The third-order valence-corrected chi connectivity index (χ3v) is 17.4. The molecule has 17 N–H and O–H groups in total. The molecule has 0 saturated carbocycles. The van der Waals surface area contributed by atoms with E-state index in [9.17, 15) is 88.4 Å². The number of unbranched alkanes of at least 4 members (excludes halogenated alkanes) is 6. The summed E-state index contributed by atoms with van der Waals surface area (Å²) in [5, 5.41) is 96.7. The Kier molecular flexibility index (Phi) is 45.0. The van der Waals surface area contributed by atoms with E-state index in [0.29, 0.717) is 77.0 Å². The lowest BCUT2D eigenvalue weighted by Crippen LogP contribution is -2.59. The number of Topliss-reactive ketones (excluding diaryl/α,β-unsaturated/α-hetero) is 4. The zero-order valence-electron chi connectivity index (χ0n) is 56.6. The lowest BCUT2D eigenvalue weighted by molar-refractivity contribution is -0.301. The molecule has 3 fully saturated rings. The number of amides is 2. The van der Waals surface area contributed by atoms with Crippen molar-refractivity contribution in [2.24, 2.45) is 5.41 Å². The number of carbonyl (C=O) groups is 6. The third kappa shape index (κ3) is 40.6. The van der Waals surface area contributed by atoms with Gasteiger partial charge < -0.3 is 133 Å². The minimum Gasteiger partial charge on any atom is -0.387 e. The standard InChI is InChI=1S/C59H107N2O37P3/c1-59(35-87-26-19-39(63)14-5-2-4-13-38(62)16-8-10-24-90-56-53(74)50(71)47(68)42(96-56)32-93-99(77,78)79,36-88-27-20-40(64)15-6-3-7-17-41(65)31-86-29-30-92-58-55(76)52(73)49(70)44(98-58)34-95-101(83,84)85)37-89-28-21-46(67)61-23-12-22-60-45(66)18-9-11-25-91-57-54(75)51(72)48(69)43(97-57)33-94-100(80,81)82/h42-44,47-58,68-76H,2-37H2,1H3,(H,60,66)(H,61,67)(H2,77,78,79)(H2,80,81,82)(H2,83,84,85). The number of phosphoric acid groups is 3. The monoisotopic (exact) mass is 1530 g/mol. The van der Waals surface area contributed by atoms with Crippen molar-refractivity contribution < 1.29 is 179 Å². The van der Waals surface area contributed by atoms with E-state index in [1.807, 2.05) is 6.92 Å². The number of ether oxygens (including phenoxy) is 10. The van der Waals surface area contributed by atoms with Crippen molar-refractivity contribution in [2.75, 3.05) is 106 Å². The van der Waals surface area contributed by atoms with Crippen LogP contribution in [0.25, 0.3) is 0 Å². The van der Waals surface area contributed by atoms with Crippen LogP contribution in [0.4, 0.5) is 0 Å². The van der Waals surface area contributed by atoms with Crippen LogP contribution in [0, 0.1) is 5.41 Å². The van der Waals surface area contributed by atoms with Gasteiger partial charge in [-0.2, -0.15) is 0 Å². The minimum absolute atomic E-state index is 0.00201. The Hall–Kier alpha value is -2.81. The molecule has 0 bridgehead atoms. The van der Waals surface area contributed by atoms with Gasteiger partial charge in [0, 0.05) is 89.5 Å². The molecule has 3 heterocycles. The molecule has 2 amide bonds. The number of hydrogen-bond donors (Lipinski definition) is 17. The van der Waals surface area contributed by atoms with Gasteiger partial charge in [0.25, 0.3) is 0 Å². The van der Waals surface area contributed by atoms with E-state index in [1.54, 1.807) is 0 Å². The summed E-state index contributed by atoms with van der Waals surface area (Å²) in [6, 6.07) is 0. The quantitative estimate of drug-likeness (QED) is 0.0216. The van der Waals surface area contributed by atoms with Crippen molar-refractivity contribution in [1.29, 1.82) is 0 Å². The summed E-state index contributed by atoms with van der Waals surface area (Å²) in [6.45, 7) is -0.258. The Labute approximate surface area is 584 Å². The number of phosphoric ester groups is 3. The molecular formula is C59H107N2O37P3. The maximum atomic E-state index is 12.8. The lowest BCUT2D eigenvalue weighted by atomic mass is 9.94. The average molecular weight is 1530 g/mol. The van der Waals surface area contributed by atoms with Crippen LogP contribution in [-0.2, 0) is 103 Å². The number of aliphatic hydroxyl groups excluding tert-OH is 9. The Morgan fingerprint density at radius 3 is 1.04 bits per heavy atom. The van der Waals surface area contributed by atoms with Gasteiger partial charge in [0.15, 0.2) is 24.7 Å². The van der Waals surface area contributed by atoms with Crippen LogP contribution in [0.1, 0.15) is 135 Å². The van der Waals surface area contributed by atoms with Crippen molar-refractivity contribution in [1.82, 2.24) is 10.6 Å². The van der Waals surface area contributed by atoms with Crippen LogP contribution in [0.2, 0.25) is 0 Å². The highest BCUT2D eigenvalue weighted by atomic mass is 31.2. The van der Waals surface area contributed by atoms with Crippen LogP contribution in [0.5, 0.6) is 0 Å². The van der Waals surface area contributed by atoms with Gasteiger partial charge in [0.2, 0.25) is 11.8 Å². The van der Waals surface area contributed by atoms with Gasteiger partial charge in [-0.15, -0.1) is 0 Å². The van der Waals surface area contributed by atoms with Gasteiger partial charge in [-0.05, 0) is 57.8 Å². The number of nitrogens with one attached hydrogen (secondary N) is 2.